The number of benzene rings is 1. The van der Waals surface area contributed by atoms with Gasteiger partial charge in [0.05, 0.1) is 6.04 Å². The van der Waals surface area contributed by atoms with Crippen molar-refractivity contribution >= 4 is 29.9 Å². The Kier molecular flexibility index (Phi) is 6.84. The minimum Gasteiger partial charge on any atom is -0.349 e. The number of aryl methyl sites for hydroxylation is 1. The van der Waals surface area contributed by atoms with Crippen LogP contribution in [0, 0.1) is 5.92 Å². The highest BCUT2D eigenvalue weighted by Crippen LogP contribution is 2.26. The van der Waals surface area contributed by atoms with E-state index >= 15 is 0 Å². The van der Waals surface area contributed by atoms with Crippen LogP contribution in [0.3, 0.4) is 0 Å². The Hall–Kier alpha value is -1.59. The molecule has 3 N–H and O–H groups in total. The Morgan fingerprint density at radius 2 is 2.05 bits per heavy atom. The molecule has 0 saturated carbocycles. The van der Waals surface area contributed by atoms with Crippen LogP contribution < -0.4 is 16.0 Å². The molecule has 2 unspecified atom stereocenters. The molecular weight excluding hydrogens is 302 g/mol. The van der Waals surface area contributed by atoms with Gasteiger partial charge < -0.3 is 16.0 Å². The van der Waals surface area contributed by atoms with Crippen LogP contribution in [0.15, 0.2) is 18.2 Å². The van der Waals surface area contributed by atoms with Crippen LogP contribution in [0.25, 0.3) is 0 Å². The van der Waals surface area contributed by atoms with Gasteiger partial charge in [0, 0.05) is 24.6 Å². The van der Waals surface area contributed by atoms with Gasteiger partial charge in [0.25, 0.3) is 0 Å². The van der Waals surface area contributed by atoms with Crippen molar-refractivity contribution in [1.82, 2.24) is 10.6 Å². The second kappa shape index (κ2) is 8.15. The number of nitrogens with one attached hydrogen (secondary N) is 3. The molecule has 1 aliphatic heterocycles. The smallest absolute Gasteiger partial charge is 0.224 e. The van der Waals surface area contributed by atoms with E-state index in [1.807, 2.05) is 33.0 Å². The van der Waals surface area contributed by atoms with Crippen molar-refractivity contribution in [2.45, 2.75) is 32.7 Å². The van der Waals surface area contributed by atoms with Gasteiger partial charge in [-0.2, -0.15) is 0 Å². The molecule has 0 spiro atoms. The fourth-order valence-corrected chi connectivity index (χ4v) is 2.51. The number of amides is 2. The van der Waals surface area contributed by atoms with Gasteiger partial charge >= 0.3 is 0 Å². The average molecular weight is 326 g/mol. The lowest BCUT2D eigenvalue weighted by Gasteiger charge is -2.21. The van der Waals surface area contributed by atoms with Crippen molar-refractivity contribution in [2.75, 3.05) is 18.9 Å². The van der Waals surface area contributed by atoms with Crippen LogP contribution in [-0.4, -0.2) is 25.4 Å². The number of fused-ring (bicyclic) bond motifs is 1. The molecule has 22 heavy (non-hydrogen) atoms. The highest BCUT2D eigenvalue weighted by Gasteiger charge is 2.18. The van der Waals surface area contributed by atoms with Crippen LogP contribution in [0.1, 0.15) is 37.4 Å². The summed E-state index contributed by atoms with van der Waals surface area (Å²) in [6, 6.07) is 5.90. The lowest BCUT2D eigenvalue weighted by atomic mass is 9.97. The van der Waals surface area contributed by atoms with Crippen LogP contribution in [0.2, 0.25) is 0 Å². The third kappa shape index (κ3) is 4.45. The number of anilines is 1. The number of hydrogen-bond acceptors (Lipinski definition) is 3. The zero-order valence-corrected chi connectivity index (χ0v) is 14.0. The summed E-state index contributed by atoms with van der Waals surface area (Å²) in [6.07, 6.45) is 1.28. The van der Waals surface area contributed by atoms with E-state index in [4.69, 9.17) is 0 Å². The molecule has 0 bridgehead atoms. The standard InChI is InChI=1S/C16H23N3O2.ClH/c1-10(9-17-3)16(21)18-11(2)12-4-6-14-13(8-12)5-7-15(20)19-14;/h4,6,8,10-11,17H,5,7,9H2,1-3H3,(H,18,21)(H,19,20);1H. The zero-order chi connectivity index (χ0) is 15.4. The lowest BCUT2D eigenvalue weighted by molar-refractivity contribution is -0.125. The maximum Gasteiger partial charge on any atom is 0.224 e. The van der Waals surface area contributed by atoms with E-state index in [2.05, 4.69) is 22.0 Å². The Morgan fingerprint density at radius 1 is 1.32 bits per heavy atom. The second-order valence-electron chi connectivity index (χ2n) is 5.65. The molecule has 0 aromatic heterocycles. The predicted octanol–water partition coefficient (Wildman–Crippen LogP) is 2.03. The summed E-state index contributed by atoms with van der Waals surface area (Å²) in [5, 5.41) is 8.90. The van der Waals surface area contributed by atoms with Crippen molar-refractivity contribution in [3.05, 3.63) is 29.3 Å². The lowest BCUT2D eigenvalue weighted by Crippen LogP contribution is -2.35. The molecule has 1 aliphatic rings. The second-order valence-corrected chi connectivity index (χ2v) is 5.65. The average Bonchev–Trinajstić information content (AvgIpc) is 2.46. The molecule has 5 nitrogen and oxygen atoms in total. The van der Waals surface area contributed by atoms with E-state index in [1.165, 1.54) is 0 Å². The van der Waals surface area contributed by atoms with Crippen molar-refractivity contribution < 1.29 is 9.59 Å². The fourth-order valence-electron chi connectivity index (χ4n) is 2.51. The number of carbonyl (C=O) groups is 2. The maximum atomic E-state index is 12.0. The largest absolute Gasteiger partial charge is 0.349 e. The third-order valence-corrected chi connectivity index (χ3v) is 3.84. The Labute approximate surface area is 137 Å². The normalized spacial score (nSPS) is 15.9. The van der Waals surface area contributed by atoms with Crippen molar-refractivity contribution in [2.24, 2.45) is 5.92 Å². The van der Waals surface area contributed by atoms with E-state index in [0.29, 0.717) is 13.0 Å². The molecule has 1 aromatic carbocycles. The highest BCUT2D eigenvalue weighted by molar-refractivity contribution is 5.93. The molecule has 2 rings (SSSR count). The zero-order valence-electron chi connectivity index (χ0n) is 13.2. The van der Waals surface area contributed by atoms with Crippen LogP contribution in [-0.2, 0) is 16.0 Å². The summed E-state index contributed by atoms with van der Waals surface area (Å²) in [5.74, 6) is 0.0507. The molecular formula is C16H24ClN3O2. The molecule has 122 valence electrons. The Morgan fingerprint density at radius 3 is 2.73 bits per heavy atom. The quantitative estimate of drug-likeness (QED) is 0.775. The van der Waals surface area contributed by atoms with E-state index in [0.717, 1.165) is 23.2 Å². The van der Waals surface area contributed by atoms with Crippen molar-refractivity contribution in [3.8, 4) is 0 Å². The van der Waals surface area contributed by atoms with Gasteiger partial charge in [-0.05, 0) is 37.6 Å². The Balaban J connectivity index is 0.00000242. The van der Waals surface area contributed by atoms with Gasteiger partial charge in [-0.3, -0.25) is 9.59 Å². The van der Waals surface area contributed by atoms with Gasteiger partial charge in [0.1, 0.15) is 0 Å². The molecule has 0 aliphatic carbocycles. The molecule has 2 atom stereocenters. The first kappa shape index (κ1) is 18.5. The van der Waals surface area contributed by atoms with Gasteiger partial charge in [0.2, 0.25) is 11.8 Å². The summed E-state index contributed by atoms with van der Waals surface area (Å²) < 4.78 is 0. The van der Waals surface area contributed by atoms with Crippen molar-refractivity contribution in [3.63, 3.8) is 0 Å². The van der Waals surface area contributed by atoms with E-state index < -0.39 is 0 Å². The summed E-state index contributed by atoms with van der Waals surface area (Å²) in [6.45, 7) is 4.54. The Bertz CT molecular complexity index is 548. The van der Waals surface area contributed by atoms with E-state index in [9.17, 15) is 9.59 Å². The first-order valence-electron chi connectivity index (χ1n) is 7.39. The molecule has 6 heteroatoms. The molecule has 0 fully saturated rings. The van der Waals surface area contributed by atoms with Crippen molar-refractivity contribution in [1.29, 1.82) is 0 Å². The number of halogens is 1. The highest BCUT2D eigenvalue weighted by atomic mass is 35.5. The number of hydrogen-bond donors (Lipinski definition) is 3. The van der Waals surface area contributed by atoms with Crippen LogP contribution in [0.4, 0.5) is 5.69 Å². The summed E-state index contributed by atoms with van der Waals surface area (Å²) in [5.41, 5.74) is 3.09. The van der Waals surface area contributed by atoms with Gasteiger partial charge in [-0.25, -0.2) is 0 Å². The number of rotatable bonds is 5. The van der Waals surface area contributed by atoms with Gasteiger partial charge in [0.15, 0.2) is 0 Å². The first-order chi connectivity index (χ1) is 10.0. The molecule has 1 heterocycles. The maximum absolute atomic E-state index is 12.0. The topological polar surface area (TPSA) is 70.2 Å². The first-order valence-corrected chi connectivity index (χ1v) is 7.39. The summed E-state index contributed by atoms with van der Waals surface area (Å²) in [7, 11) is 1.84. The van der Waals surface area contributed by atoms with E-state index in [-0.39, 0.29) is 36.2 Å². The minimum atomic E-state index is -0.0608. The monoisotopic (exact) mass is 325 g/mol. The van der Waals surface area contributed by atoms with E-state index in [1.54, 1.807) is 0 Å². The molecule has 0 saturated heterocycles. The minimum absolute atomic E-state index is 0. The molecule has 2 amide bonds. The van der Waals surface area contributed by atoms with Crippen LogP contribution >= 0.6 is 12.4 Å². The SMILES string of the molecule is CNCC(C)C(=O)NC(C)c1ccc2c(c1)CCC(=O)N2.Cl. The summed E-state index contributed by atoms with van der Waals surface area (Å²) in [4.78, 5) is 23.4. The van der Waals surface area contributed by atoms with Gasteiger partial charge in [-0.1, -0.05) is 19.1 Å². The summed E-state index contributed by atoms with van der Waals surface area (Å²) >= 11 is 0. The van der Waals surface area contributed by atoms with Crippen LogP contribution in [0.5, 0.6) is 0 Å². The fraction of sp³-hybridized carbons (Fsp3) is 0.500. The molecule has 1 aromatic rings. The molecule has 0 radical (unpaired) electrons. The number of carbonyl (C=O) groups excluding carboxylic acids is 2. The predicted molar refractivity (Wildman–Crippen MR) is 90.3 cm³/mol. The van der Waals surface area contributed by atoms with Gasteiger partial charge in [-0.15, -0.1) is 12.4 Å². The third-order valence-electron chi connectivity index (χ3n) is 3.84.